The summed E-state index contributed by atoms with van der Waals surface area (Å²) in [7, 11) is 5.20. The van der Waals surface area contributed by atoms with Crippen LogP contribution in [0.5, 0.6) is 0 Å². The van der Waals surface area contributed by atoms with Crippen molar-refractivity contribution in [1.29, 1.82) is 0 Å². The van der Waals surface area contributed by atoms with Gasteiger partial charge in [0.05, 0.1) is 53.7 Å². The third-order valence-electron chi connectivity index (χ3n) is 12.0. The summed E-state index contributed by atoms with van der Waals surface area (Å²) in [5, 5.41) is 69.3. The van der Waals surface area contributed by atoms with Crippen molar-refractivity contribution in [2.45, 2.75) is 185 Å². The summed E-state index contributed by atoms with van der Waals surface area (Å²) < 4.78 is 37.2. The van der Waals surface area contributed by atoms with Crippen LogP contribution in [-0.2, 0) is 33.2 Å². The zero-order valence-corrected chi connectivity index (χ0v) is 33.1. The van der Waals surface area contributed by atoms with Crippen LogP contribution >= 0.6 is 0 Å². The number of cyclic esters (lactones) is 1. The SMILES string of the molecule is CC[C@H]1OC(=O)[C@H](C)[C@@H](O[C@H]2C[C@@](C)(OC)[C@@H](O)[C@H](C)O2)[C@H](C)[C@@H](O[C@@H]2O[C@H](C)C[C@H](N(C)C)[C@H]2O)[C@](C)(O)C[C@@H](C)C(O)[C@@H](C)[C@@H](O)[C@]1(C)O. The Morgan fingerprint density at radius 3 is 2.02 bits per heavy atom. The summed E-state index contributed by atoms with van der Waals surface area (Å²) in [6.07, 6.45) is -10.5. The van der Waals surface area contributed by atoms with E-state index in [2.05, 4.69) is 0 Å². The highest BCUT2D eigenvalue weighted by molar-refractivity contribution is 5.73. The second kappa shape index (κ2) is 17.2. The van der Waals surface area contributed by atoms with Crippen LogP contribution in [0.25, 0.3) is 0 Å². The molecule has 300 valence electrons. The molecule has 0 aliphatic carbocycles. The summed E-state index contributed by atoms with van der Waals surface area (Å²) in [5.74, 6) is -4.11. The molecule has 3 heterocycles. The van der Waals surface area contributed by atoms with Crippen molar-refractivity contribution in [3.63, 3.8) is 0 Å². The number of ether oxygens (including phenoxy) is 6. The Kier molecular flexibility index (Phi) is 15.0. The first kappa shape index (κ1) is 44.4. The summed E-state index contributed by atoms with van der Waals surface area (Å²) >= 11 is 0. The first-order valence-electron chi connectivity index (χ1n) is 18.6. The number of likely N-dealkylation sites (N-methyl/N-ethyl adjacent to an activating group) is 1. The first-order valence-corrected chi connectivity index (χ1v) is 18.6. The molecule has 14 heteroatoms. The highest BCUT2D eigenvalue weighted by Crippen LogP contribution is 2.41. The Balaban J connectivity index is 2.18. The lowest BCUT2D eigenvalue weighted by molar-refractivity contribution is -0.318. The van der Waals surface area contributed by atoms with E-state index in [0.29, 0.717) is 6.42 Å². The van der Waals surface area contributed by atoms with Gasteiger partial charge in [0.2, 0.25) is 0 Å². The van der Waals surface area contributed by atoms with E-state index >= 15 is 0 Å². The lowest BCUT2D eigenvalue weighted by Crippen LogP contribution is -2.61. The van der Waals surface area contributed by atoms with Gasteiger partial charge in [0.15, 0.2) is 12.6 Å². The number of esters is 1. The van der Waals surface area contributed by atoms with Crippen molar-refractivity contribution in [3.8, 4) is 0 Å². The van der Waals surface area contributed by atoms with Crippen LogP contribution in [0.3, 0.4) is 0 Å². The largest absolute Gasteiger partial charge is 0.459 e. The third-order valence-corrected chi connectivity index (χ3v) is 12.0. The molecule has 0 aromatic carbocycles. The van der Waals surface area contributed by atoms with Crippen molar-refractivity contribution in [2.24, 2.45) is 23.7 Å². The summed E-state index contributed by atoms with van der Waals surface area (Å²) in [4.78, 5) is 16.0. The number of aliphatic hydroxyl groups excluding tert-OH is 4. The molecule has 0 aromatic rings. The van der Waals surface area contributed by atoms with Crippen molar-refractivity contribution in [1.82, 2.24) is 4.90 Å². The van der Waals surface area contributed by atoms with Gasteiger partial charge in [0.25, 0.3) is 0 Å². The normalized spacial score (nSPS) is 51.2. The number of carbonyl (C=O) groups excluding carboxylic acids is 1. The van der Waals surface area contributed by atoms with E-state index in [0.717, 1.165) is 0 Å². The van der Waals surface area contributed by atoms with Crippen LogP contribution in [0.15, 0.2) is 0 Å². The molecule has 3 aliphatic heterocycles. The molecule has 3 rings (SSSR count). The second-order valence-electron chi connectivity index (χ2n) is 16.7. The molecule has 51 heavy (non-hydrogen) atoms. The van der Waals surface area contributed by atoms with Crippen molar-refractivity contribution >= 4 is 5.97 Å². The van der Waals surface area contributed by atoms with Crippen LogP contribution in [0.2, 0.25) is 0 Å². The number of hydrogen-bond donors (Lipinski definition) is 6. The highest BCUT2D eigenvalue weighted by atomic mass is 16.7. The number of aliphatic hydroxyl groups is 6. The molecule has 0 bridgehead atoms. The molecule has 3 aliphatic rings. The Morgan fingerprint density at radius 2 is 1.47 bits per heavy atom. The zero-order chi connectivity index (χ0) is 39.0. The van der Waals surface area contributed by atoms with Crippen LogP contribution in [0.4, 0.5) is 0 Å². The molecule has 3 fully saturated rings. The zero-order valence-electron chi connectivity index (χ0n) is 33.1. The molecular weight excluding hydrogens is 666 g/mol. The average Bonchev–Trinajstić information content (AvgIpc) is 3.05. The number of rotatable bonds is 7. The topological polar surface area (TPSA) is 197 Å². The Hall–Kier alpha value is -1.01. The fourth-order valence-electron chi connectivity index (χ4n) is 8.59. The second-order valence-corrected chi connectivity index (χ2v) is 16.7. The summed E-state index contributed by atoms with van der Waals surface area (Å²) in [6.45, 7) is 16.7. The minimum Gasteiger partial charge on any atom is -0.459 e. The maximum absolute atomic E-state index is 14.1. The molecule has 14 nitrogen and oxygen atoms in total. The van der Waals surface area contributed by atoms with Crippen molar-refractivity contribution in [2.75, 3.05) is 21.2 Å². The monoisotopic (exact) mass is 735 g/mol. The minimum absolute atomic E-state index is 0.0362. The number of methoxy groups -OCH3 is 1. The lowest BCUT2D eigenvalue weighted by Gasteiger charge is -2.49. The van der Waals surface area contributed by atoms with Gasteiger partial charge in [-0.1, -0.05) is 27.7 Å². The summed E-state index contributed by atoms with van der Waals surface area (Å²) in [5.41, 5.74) is -4.71. The number of nitrogens with zero attached hydrogens (tertiary/aromatic N) is 1. The molecule has 19 atom stereocenters. The van der Waals surface area contributed by atoms with Gasteiger partial charge >= 0.3 is 5.97 Å². The van der Waals surface area contributed by atoms with Crippen molar-refractivity contribution < 1.29 is 63.9 Å². The van der Waals surface area contributed by atoms with Gasteiger partial charge in [-0.15, -0.1) is 0 Å². The van der Waals surface area contributed by atoms with Gasteiger partial charge in [-0.05, 0) is 80.8 Å². The molecule has 1 unspecified atom stereocenters. The quantitative estimate of drug-likeness (QED) is 0.206. The van der Waals surface area contributed by atoms with Gasteiger partial charge in [-0.3, -0.25) is 4.79 Å². The van der Waals surface area contributed by atoms with Crippen molar-refractivity contribution in [3.05, 3.63) is 0 Å². The maximum atomic E-state index is 14.1. The number of hydrogen-bond acceptors (Lipinski definition) is 14. The molecular formula is C37H69NO13. The predicted molar refractivity (Wildman–Crippen MR) is 187 cm³/mol. The van der Waals surface area contributed by atoms with Crippen LogP contribution in [0.1, 0.15) is 94.9 Å². The Bertz CT molecular complexity index is 1120. The minimum atomic E-state index is -1.93. The van der Waals surface area contributed by atoms with E-state index in [-0.39, 0.29) is 31.4 Å². The molecule has 0 saturated carbocycles. The number of carbonyl (C=O) groups is 1. The maximum Gasteiger partial charge on any atom is 0.311 e. The third kappa shape index (κ3) is 9.63. The average molecular weight is 736 g/mol. The standard InChI is InChI=1S/C37H69NO13/c1-14-25-37(10,45)30(41)20(4)27(39)18(2)16-35(8,44)32(51-34-28(40)24(38(11)12)15-19(3)47-34)21(5)29(22(6)33(43)49-25)50-26-17-36(9,46-13)31(42)23(7)48-26/h18-32,34,39-42,44-45H,14-17H2,1-13H3/t18-,19-,20-,21+,22-,23+,24+,25-,26+,27?,28-,29+,30-,31+,32-,34+,35-,36-,37-/m1/s1. The van der Waals surface area contributed by atoms with E-state index in [4.69, 9.17) is 28.4 Å². The van der Waals surface area contributed by atoms with E-state index < -0.39 is 108 Å². The lowest BCUT2D eigenvalue weighted by atomic mass is 9.73. The highest BCUT2D eigenvalue weighted by Gasteiger charge is 2.53. The van der Waals surface area contributed by atoms with Gasteiger partial charge in [0.1, 0.15) is 23.9 Å². The van der Waals surface area contributed by atoms with E-state index in [1.54, 1.807) is 55.4 Å². The van der Waals surface area contributed by atoms with E-state index in [1.165, 1.54) is 14.0 Å². The fraction of sp³-hybridized carbons (Fsp3) is 0.973. The fourth-order valence-corrected chi connectivity index (χ4v) is 8.59. The Morgan fingerprint density at radius 1 is 0.863 bits per heavy atom. The smallest absolute Gasteiger partial charge is 0.311 e. The molecule has 0 spiro atoms. The first-order chi connectivity index (χ1) is 23.4. The van der Waals surface area contributed by atoms with Gasteiger partial charge < -0.3 is 64.0 Å². The van der Waals surface area contributed by atoms with Gasteiger partial charge in [0, 0.05) is 31.4 Å². The van der Waals surface area contributed by atoms with Gasteiger partial charge in [-0.2, -0.15) is 0 Å². The molecule has 0 amide bonds. The molecule has 0 radical (unpaired) electrons. The molecule has 0 aromatic heterocycles. The van der Waals surface area contributed by atoms with Crippen LogP contribution in [0, 0.1) is 23.7 Å². The molecule has 6 N–H and O–H groups in total. The molecule has 3 saturated heterocycles. The van der Waals surface area contributed by atoms with Crippen LogP contribution < -0.4 is 0 Å². The van der Waals surface area contributed by atoms with Gasteiger partial charge in [-0.25, -0.2) is 0 Å². The van der Waals surface area contributed by atoms with E-state index in [9.17, 15) is 35.4 Å². The van der Waals surface area contributed by atoms with Crippen LogP contribution in [-0.4, -0.2) is 153 Å². The Labute approximate surface area is 304 Å². The van der Waals surface area contributed by atoms with E-state index in [1.807, 2.05) is 25.9 Å². The summed E-state index contributed by atoms with van der Waals surface area (Å²) in [6, 6.07) is -0.310. The predicted octanol–water partition coefficient (Wildman–Crippen LogP) is 1.58.